The number of hydrogen-bond donors (Lipinski definition) is 0. The summed E-state index contributed by atoms with van der Waals surface area (Å²) in [6.07, 6.45) is -0.395. The topological polar surface area (TPSA) is 21.7 Å². The van der Waals surface area contributed by atoms with Gasteiger partial charge in [0.05, 0.1) is 0 Å². The molecule has 2 unspecified atom stereocenters. The van der Waals surface area contributed by atoms with Gasteiger partial charge in [0.15, 0.2) is 0 Å². The lowest BCUT2D eigenvalue weighted by Gasteiger charge is -2.20. The van der Waals surface area contributed by atoms with Crippen molar-refractivity contribution in [3.63, 3.8) is 0 Å². The van der Waals surface area contributed by atoms with Crippen LogP contribution in [0.15, 0.2) is 12.1 Å². The first-order chi connectivity index (χ1) is 9.10. The summed E-state index contributed by atoms with van der Waals surface area (Å²) in [6.45, 7) is 0.784. The van der Waals surface area contributed by atoms with Crippen LogP contribution in [-0.4, -0.2) is 39.5 Å². The van der Waals surface area contributed by atoms with Crippen molar-refractivity contribution in [3.8, 4) is 0 Å². The van der Waals surface area contributed by atoms with E-state index in [1.54, 1.807) is 19.1 Å². The molecule has 0 aromatic heterocycles. The van der Waals surface area contributed by atoms with Gasteiger partial charge in [-0.1, -0.05) is 0 Å². The molecule has 2 rings (SSSR count). The zero-order valence-electron chi connectivity index (χ0n) is 10.8. The summed E-state index contributed by atoms with van der Waals surface area (Å²) >= 11 is 5.59. The molecule has 0 spiro atoms. The zero-order chi connectivity index (χ0) is 14.0. The molecule has 1 fully saturated rings. The Morgan fingerprint density at radius 3 is 2.00 bits per heavy atom. The summed E-state index contributed by atoms with van der Waals surface area (Å²) < 4.78 is 38.5. The largest absolute Gasteiger partial charge is 0.377 e. The van der Waals surface area contributed by atoms with Gasteiger partial charge in [-0.25, -0.2) is 8.78 Å². The van der Waals surface area contributed by atoms with Gasteiger partial charge in [0.2, 0.25) is 0 Å². The van der Waals surface area contributed by atoms with E-state index in [0.29, 0.717) is 18.7 Å². The second-order valence-electron chi connectivity index (χ2n) is 4.49. The van der Waals surface area contributed by atoms with Crippen molar-refractivity contribution in [2.45, 2.75) is 18.1 Å². The molecule has 0 N–H and O–H groups in total. The Hall–Kier alpha value is -0.910. The van der Waals surface area contributed by atoms with Gasteiger partial charge in [-0.3, -0.25) is 0 Å². The lowest BCUT2D eigenvalue weighted by molar-refractivity contribution is -0.00461. The van der Waals surface area contributed by atoms with Crippen LogP contribution in [0.5, 0.6) is 0 Å². The van der Waals surface area contributed by atoms with Crippen LogP contribution in [0.4, 0.5) is 14.5 Å². The Bertz CT molecular complexity index is 423. The second kappa shape index (κ2) is 6.03. The molecule has 0 saturated carbocycles. The number of rotatable bonds is 4. The second-order valence-corrected chi connectivity index (χ2v) is 4.76. The summed E-state index contributed by atoms with van der Waals surface area (Å²) in [5, 5.41) is 0. The van der Waals surface area contributed by atoms with Gasteiger partial charge in [-0.05, 0) is 17.7 Å². The normalized spacial score (nSPS) is 23.1. The third kappa shape index (κ3) is 2.83. The third-order valence-corrected chi connectivity index (χ3v) is 3.68. The number of halogens is 3. The maximum absolute atomic E-state index is 14.0. The quantitative estimate of drug-likeness (QED) is 0.796. The van der Waals surface area contributed by atoms with Crippen LogP contribution in [0.1, 0.15) is 5.56 Å². The van der Waals surface area contributed by atoms with Crippen molar-refractivity contribution in [3.05, 3.63) is 29.3 Å². The number of hydrogen-bond acceptors (Lipinski definition) is 3. The minimum atomic E-state index is -0.609. The minimum absolute atomic E-state index is 0.0459. The van der Waals surface area contributed by atoms with E-state index in [1.165, 1.54) is 12.1 Å². The van der Waals surface area contributed by atoms with E-state index in [2.05, 4.69) is 0 Å². The lowest BCUT2D eigenvalue weighted by atomic mass is 10.2. The number of anilines is 1. The van der Waals surface area contributed by atoms with E-state index in [9.17, 15) is 8.78 Å². The van der Waals surface area contributed by atoms with Crippen LogP contribution in [0, 0.1) is 11.6 Å². The predicted octanol–water partition coefficient (Wildman–Crippen LogP) is 2.55. The standard InChI is InChI=1S/C13H16ClF2NO2/c1-18-11-6-17(7-12(11)19-2)13-9(15)3-8(5-14)4-10(13)16/h3-4,11-12H,5-7H2,1-2H3. The maximum atomic E-state index is 14.0. The van der Waals surface area contributed by atoms with E-state index in [1.807, 2.05) is 0 Å². The van der Waals surface area contributed by atoms with Gasteiger partial charge in [0, 0.05) is 33.2 Å². The summed E-state index contributed by atoms with van der Waals surface area (Å²) in [5.41, 5.74) is 0.377. The molecule has 0 aliphatic carbocycles. The van der Waals surface area contributed by atoms with Gasteiger partial charge >= 0.3 is 0 Å². The van der Waals surface area contributed by atoms with E-state index in [-0.39, 0.29) is 23.8 Å². The maximum Gasteiger partial charge on any atom is 0.149 e. The molecule has 1 aromatic carbocycles. The highest BCUT2D eigenvalue weighted by atomic mass is 35.5. The number of nitrogens with zero attached hydrogens (tertiary/aromatic N) is 1. The Labute approximate surface area is 116 Å². The Kier molecular flexibility index (Phi) is 4.60. The Morgan fingerprint density at radius 1 is 1.16 bits per heavy atom. The highest BCUT2D eigenvalue weighted by Gasteiger charge is 2.35. The molecule has 1 aromatic rings. The molecule has 0 radical (unpaired) electrons. The number of benzene rings is 1. The molecule has 19 heavy (non-hydrogen) atoms. The van der Waals surface area contributed by atoms with Crippen LogP contribution in [-0.2, 0) is 15.4 Å². The summed E-state index contributed by atoms with van der Waals surface area (Å²) in [5.74, 6) is -1.14. The van der Waals surface area contributed by atoms with E-state index < -0.39 is 11.6 Å². The molecule has 1 heterocycles. The highest BCUT2D eigenvalue weighted by Crippen LogP contribution is 2.30. The van der Waals surface area contributed by atoms with Crippen molar-refractivity contribution >= 4 is 17.3 Å². The van der Waals surface area contributed by atoms with Crippen LogP contribution in [0.3, 0.4) is 0 Å². The van der Waals surface area contributed by atoms with Crippen molar-refractivity contribution in [1.29, 1.82) is 0 Å². The summed E-state index contributed by atoms with van der Waals surface area (Å²) in [6, 6.07) is 2.51. The van der Waals surface area contributed by atoms with Gasteiger partial charge < -0.3 is 14.4 Å². The van der Waals surface area contributed by atoms with Crippen molar-refractivity contribution in [2.75, 3.05) is 32.2 Å². The molecule has 0 amide bonds. The molecule has 1 aliphatic heterocycles. The Morgan fingerprint density at radius 2 is 1.63 bits per heavy atom. The first-order valence-electron chi connectivity index (χ1n) is 5.95. The molecule has 3 nitrogen and oxygen atoms in total. The monoisotopic (exact) mass is 291 g/mol. The summed E-state index contributed by atoms with van der Waals surface area (Å²) in [7, 11) is 3.12. The molecule has 1 saturated heterocycles. The number of alkyl halides is 1. The van der Waals surface area contributed by atoms with E-state index in [4.69, 9.17) is 21.1 Å². The SMILES string of the molecule is COC1CN(c2c(F)cc(CCl)cc2F)CC1OC. The van der Waals surface area contributed by atoms with E-state index in [0.717, 1.165) is 0 Å². The smallest absolute Gasteiger partial charge is 0.149 e. The fraction of sp³-hybridized carbons (Fsp3) is 0.538. The van der Waals surface area contributed by atoms with Crippen LogP contribution in [0.2, 0.25) is 0 Å². The van der Waals surface area contributed by atoms with Gasteiger partial charge in [0.25, 0.3) is 0 Å². The fourth-order valence-corrected chi connectivity index (χ4v) is 2.53. The zero-order valence-corrected chi connectivity index (χ0v) is 11.6. The molecule has 0 bridgehead atoms. The molecule has 2 atom stereocenters. The molecular formula is C13H16ClF2NO2. The Balaban J connectivity index is 2.28. The molecule has 106 valence electrons. The van der Waals surface area contributed by atoms with Crippen molar-refractivity contribution in [1.82, 2.24) is 0 Å². The van der Waals surface area contributed by atoms with Gasteiger partial charge in [-0.15, -0.1) is 11.6 Å². The molecule has 6 heteroatoms. The first-order valence-corrected chi connectivity index (χ1v) is 6.48. The number of methoxy groups -OCH3 is 2. The predicted molar refractivity (Wildman–Crippen MR) is 69.7 cm³/mol. The highest BCUT2D eigenvalue weighted by molar-refractivity contribution is 6.17. The van der Waals surface area contributed by atoms with Crippen LogP contribution < -0.4 is 4.90 Å². The van der Waals surface area contributed by atoms with E-state index >= 15 is 0 Å². The molecular weight excluding hydrogens is 276 g/mol. The molecule has 1 aliphatic rings. The van der Waals surface area contributed by atoms with Crippen LogP contribution in [0.25, 0.3) is 0 Å². The van der Waals surface area contributed by atoms with Crippen molar-refractivity contribution in [2.24, 2.45) is 0 Å². The minimum Gasteiger partial charge on any atom is -0.377 e. The van der Waals surface area contributed by atoms with Crippen molar-refractivity contribution < 1.29 is 18.3 Å². The first kappa shape index (κ1) is 14.5. The van der Waals surface area contributed by atoms with Gasteiger partial charge in [0.1, 0.15) is 29.5 Å². The fourth-order valence-electron chi connectivity index (χ4n) is 2.38. The average Bonchev–Trinajstić information content (AvgIpc) is 2.80. The third-order valence-electron chi connectivity index (χ3n) is 3.37. The summed E-state index contributed by atoms with van der Waals surface area (Å²) in [4.78, 5) is 1.60. The van der Waals surface area contributed by atoms with Crippen LogP contribution >= 0.6 is 11.6 Å². The number of ether oxygens (including phenoxy) is 2. The van der Waals surface area contributed by atoms with Gasteiger partial charge in [-0.2, -0.15) is 0 Å². The lowest BCUT2D eigenvalue weighted by Crippen LogP contribution is -2.27. The average molecular weight is 292 g/mol.